The second-order valence-corrected chi connectivity index (χ2v) is 13.2. The number of benzene rings is 5. The van der Waals surface area contributed by atoms with Crippen molar-refractivity contribution in [2.24, 2.45) is 0 Å². The molecule has 2 aromatic heterocycles. The summed E-state index contributed by atoms with van der Waals surface area (Å²) >= 11 is 0. The van der Waals surface area contributed by atoms with Gasteiger partial charge in [-0.25, -0.2) is 0 Å². The van der Waals surface area contributed by atoms with E-state index < -0.39 is 0 Å². The summed E-state index contributed by atoms with van der Waals surface area (Å²) in [6.45, 7) is 6.53. The zero-order valence-electron chi connectivity index (χ0n) is 29.4. The van der Waals surface area contributed by atoms with Gasteiger partial charge < -0.3 is 19.8 Å². The molecular formula is C45H37BIrN4-2. The molecule has 4 heterocycles. The van der Waals surface area contributed by atoms with Crippen molar-refractivity contribution in [1.29, 1.82) is 0 Å². The van der Waals surface area contributed by atoms with E-state index in [9.17, 15) is 0 Å². The molecule has 6 heteroatoms. The molecule has 4 nitrogen and oxygen atoms in total. The van der Waals surface area contributed by atoms with Crippen LogP contribution in [0.2, 0.25) is 0 Å². The Labute approximate surface area is 315 Å². The van der Waals surface area contributed by atoms with E-state index in [-0.39, 0.29) is 26.8 Å². The summed E-state index contributed by atoms with van der Waals surface area (Å²) in [6, 6.07) is 49.4. The van der Waals surface area contributed by atoms with Crippen molar-refractivity contribution in [3.8, 4) is 33.6 Å². The van der Waals surface area contributed by atoms with Crippen molar-refractivity contribution in [2.45, 2.75) is 20.8 Å². The summed E-state index contributed by atoms with van der Waals surface area (Å²) in [5.41, 5.74) is 19.2. The number of hydrogen-bond donors (Lipinski definition) is 0. The van der Waals surface area contributed by atoms with Gasteiger partial charge in [-0.15, -0.1) is 52.5 Å². The van der Waals surface area contributed by atoms with Gasteiger partial charge in [0, 0.05) is 58.0 Å². The molecule has 7 aromatic rings. The van der Waals surface area contributed by atoms with Crippen LogP contribution in [-0.4, -0.2) is 30.8 Å². The van der Waals surface area contributed by atoms with Crippen molar-refractivity contribution in [3.05, 3.63) is 163 Å². The first kappa shape index (κ1) is 34.2. The number of para-hydroxylation sites is 2. The Hall–Kier alpha value is -5.29. The van der Waals surface area contributed by atoms with Gasteiger partial charge in [-0.3, -0.25) is 0 Å². The fourth-order valence-electron chi connectivity index (χ4n) is 7.37. The first-order valence-electron chi connectivity index (χ1n) is 17.1. The van der Waals surface area contributed by atoms with Gasteiger partial charge in [0.05, 0.1) is 0 Å². The molecule has 51 heavy (non-hydrogen) atoms. The maximum Gasteiger partial charge on any atom is 0.232 e. The molecule has 0 amide bonds. The molecule has 5 aromatic carbocycles. The number of rotatable bonds is 3. The molecule has 9 rings (SSSR count). The molecule has 0 saturated carbocycles. The molecule has 0 spiro atoms. The molecule has 0 N–H and O–H groups in total. The van der Waals surface area contributed by atoms with Crippen LogP contribution in [0.25, 0.3) is 33.6 Å². The van der Waals surface area contributed by atoms with Crippen LogP contribution >= 0.6 is 0 Å². The number of fused-ring (bicyclic) bond motifs is 4. The van der Waals surface area contributed by atoms with E-state index in [0.717, 1.165) is 22.5 Å². The fourth-order valence-corrected chi connectivity index (χ4v) is 7.37. The monoisotopic (exact) mass is 837 g/mol. The molecule has 0 saturated heterocycles. The third-order valence-electron chi connectivity index (χ3n) is 10.1. The van der Waals surface area contributed by atoms with E-state index >= 15 is 0 Å². The number of pyridine rings is 2. The second-order valence-electron chi connectivity index (χ2n) is 13.2. The topological polar surface area (TPSA) is 32.3 Å². The number of hydrogen-bond acceptors (Lipinski definition) is 4. The number of anilines is 4. The SMILES string of the molecule is CN1c2ccccc2B2c3ccccc3N(C)c3c(-c4ccccn4)[c-]cc1c32.Cc1cnc(-c2[c-]cc(C)c(-c3ccccc3)c2)cc1C.[Ir]. The van der Waals surface area contributed by atoms with E-state index in [1.54, 1.807) is 0 Å². The van der Waals surface area contributed by atoms with Gasteiger partial charge in [0.15, 0.2) is 0 Å². The van der Waals surface area contributed by atoms with Crippen LogP contribution in [0.3, 0.4) is 0 Å². The maximum atomic E-state index is 4.64. The minimum atomic E-state index is 0. The molecule has 2 aliphatic heterocycles. The zero-order chi connectivity index (χ0) is 34.4. The third-order valence-corrected chi connectivity index (χ3v) is 10.1. The van der Waals surface area contributed by atoms with Crippen molar-refractivity contribution < 1.29 is 20.1 Å². The van der Waals surface area contributed by atoms with E-state index in [0.29, 0.717) is 0 Å². The Balaban J connectivity index is 0.000000165. The van der Waals surface area contributed by atoms with Gasteiger partial charge in [0.2, 0.25) is 6.71 Å². The van der Waals surface area contributed by atoms with Gasteiger partial charge >= 0.3 is 0 Å². The summed E-state index contributed by atoms with van der Waals surface area (Å²) in [7, 11) is 4.31. The molecular weight excluding hydrogens is 800 g/mol. The average molecular weight is 837 g/mol. The minimum Gasteiger partial charge on any atom is -0.385 e. The van der Waals surface area contributed by atoms with Crippen LogP contribution in [0, 0.1) is 32.9 Å². The normalized spacial score (nSPS) is 12.1. The minimum absolute atomic E-state index is 0. The number of aromatic nitrogens is 2. The van der Waals surface area contributed by atoms with Gasteiger partial charge in [0.25, 0.3) is 0 Å². The maximum absolute atomic E-state index is 4.64. The predicted molar refractivity (Wildman–Crippen MR) is 210 cm³/mol. The van der Waals surface area contributed by atoms with Gasteiger partial charge in [-0.1, -0.05) is 103 Å². The largest absolute Gasteiger partial charge is 0.385 e. The Morgan fingerprint density at radius 2 is 1.25 bits per heavy atom. The van der Waals surface area contributed by atoms with Crippen LogP contribution in [0.15, 0.2) is 134 Å². The van der Waals surface area contributed by atoms with Gasteiger partial charge in [-0.05, 0) is 76.9 Å². The summed E-state index contributed by atoms with van der Waals surface area (Å²) in [4.78, 5) is 13.8. The van der Waals surface area contributed by atoms with Crippen LogP contribution in [0.5, 0.6) is 0 Å². The Kier molecular flexibility index (Phi) is 9.48. The summed E-state index contributed by atoms with van der Waals surface area (Å²) in [5, 5.41) is 0. The summed E-state index contributed by atoms with van der Waals surface area (Å²) in [5.74, 6) is 0. The standard InChI is InChI=1S/C25H19BN3.C20H18N.Ir/c1-28-21-12-5-3-9-18(21)26-19-10-4-6-13-22(19)29(2)25-17(14-15-23(28)24(25)26)20-11-7-8-16-27-20;1-14-9-10-18(20-11-15(2)16(3)13-21-20)12-19(14)17-7-5-4-6-8-17;/h3-13,15-16H,1-2H3;4-9,11-13H,1-3H3;/q2*-1;. The third kappa shape index (κ3) is 6.09. The van der Waals surface area contributed by atoms with E-state index in [4.69, 9.17) is 0 Å². The Morgan fingerprint density at radius 1 is 0.588 bits per heavy atom. The van der Waals surface area contributed by atoms with Crippen molar-refractivity contribution in [1.82, 2.24) is 9.97 Å². The Morgan fingerprint density at radius 3 is 1.94 bits per heavy atom. The van der Waals surface area contributed by atoms with E-state index in [1.165, 1.54) is 67.0 Å². The fraction of sp³-hybridized carbons (Fsp3) is 0.111. The molecule has 0 bridgehead atoms. The van der Waals surface area contributed by atoms with E-state index in [1.807, 2.05) is 30.6 Å². The molecule has 251 valence electrons. The van der Waals surface area contributed by atoms with Crippen molar-refractivity contribution in [3.63, 3.8) is 0 Å². The van der Waals surface area contributed by atoms with Crippen LogP contribution < -0.4 is 26.2 Å². The molecule has 0 fully saturated rings. The average Bonchev–Trinajstić information content (AvgIpc) is 3.16. The zero-order valence-corrected chi connectivity index (χ0v) is 31.8. The first-order chi connectivity index (χ1) is 24.4. The first-order valence-corrected chi connectivity index (χ1v) is 17.1. The van der Waals surface area contributed by atoms with Crippen LogP contribution in [-0.2, 0) is 20.1 Å². The van der Waals surface area contributed by atoms with E-state index in [2.05, 4.69) is 170 Å². The Bertz CT molecular complexity index is 2350. The van der Waals surface area contributed by atoms with Crippen molar-refractivity contribution >= 4 is 45.9 Å². The molecule has 1 radical (unpaired) electrons. The molecule has 0 aliphatic carbocycles. The van der Waals surface area contributed by atoms with Crippen LogP contribution in [0.1, 0.15) is 16.7 Å². The quantitative estimate of drug-likeness (QED) is 0.132. The van der Waals surface area contributed by atoms with Gasteiger partial charge in [-0.2, -0.15) is 0 Å². The second kappa shape index (κ2) is 14.1. The summed E-state index contributed by atoms with van der Waals surface area (Å²) < 4.78 is 0. The summed E-state index contributed by atoms with van der Waals surface area (Å²) in [6.07, 6.45) is 3.78. The van der Waals surface area contributed by atoms with Gasteiger partial charge in [0.1, 0.15) is 0 Å². The molecule has 0 atom stereocenters. The van der Waals surface area contributed by atoms with Crippen LogP contribution in [0.4, 0.5) is 22.7 Å². The molecule has 0 unspecified atom stereocenters. The number of nitrogens with zero attached hydrogens (tertiary/aromatic N) is 4. The number of aryl methyl sites for hydroxylation is 3. The predicted octanol–water partition coefficient (Wildman–Crippen LogP) is 8.37. The molecule has 2 aliphatic rings. The smallest absolute Gasteiger partial charge is 0.232 e. The van der Waals surface area contributed by atoms with Crippen molar-refractivity contribution in [2.75, 3.05) is 23.9 Å².